The van der Waals surface area contributed by atoms with E-state index in [4.69, 9.17) is 4.74 Å². The highest BCUT2D eigenvalue weighted by molar-refractivity contribution is 5.98. The molecule has 0 aliphatic carbocycles. The van der Waals surface area contributed by atoms with Crippen LogP contribution in [0, 0.1) is 6.92 Å². The Bertz CT molecular complexity index is 682. The number of nitrogens with zero attached hydrogens (tertiary/aromatic N) is 2. The molecule has 1 aliphatic rings. The van der Waals surface area contributed by atoms with Crippen molar-refractivity contribution >= 4 is 11.7 Å². The van der Waals surface area contributed by atoms with E-state index >= 15 is 0 Å². The number of pyridine rings is 1. The predicted octanol–water partition coefficient (Wildman–Crippen LogP) is 2.80. The SMILES string of the molecule is Cc1cccc(-c2cnc3c(c2)OC(C)C(=O)N3C)c1. The summed E-state index contributed by atoms with van der Waals surface area (Å²) in [6, 6.07) is 10.2. The summed E-state index contributed by atoms with van der Waals surface area (Å²) in [5.74, 6) is 1.15. The van der Waals surface area contributed by atoms with E-state index in [9.17, 15) is 4.79 Å². The molecule has 4 nitrogen and oxygen atoms in total. The molecular weight excluding hydrogens is 252 g/mol. The summed E-state index contributed by atoms with van der Waals surface area (Å²) in [5, 5.41) is 0. The lowest BCUT2D eigenvalue weighted by molar-refractivity contribution is -0.125. The highest BCUT2D eigenvalue weighted by atomic mass is 16.5. The van der Waals surface area contributed by atoms with Crippen molar-refractivity contribution in [3.8, 4) is 16.9 Å². The highest BCUT2D eigenvalue weighted by Crippen LogP contribution is 2.34. The molecule has 3 rings (SSSR count). The van der Waals surface area contributed by atoms with Gasteiger partial charge in [-0.25, -0.2) is 4.98 Å². The zero-order valence-electron chi connectivity index (χ0n) is 11.8. The van der Waals surface area contributed by atoms with E-state index < -0.39 is 6.10 Å². The van der Waals surface area contributed by atoms with Gasteiger partial charge in [-0.05, 0) is 25.5 Å². The minimum Gasteiger partial charge on any atom is -0.477 e. The lowest BCUT2D eigenvalue weighted by Crippen LogP contribution is -2.42. The quantitative estimate of drug-likeness (QED) is 0.798. The smallest absolute Gasteiger partial charge is 0.268 e. The van der Waals surface area contributed by atoms with Crippen LogP contribution >= 0.6 is 0 Å². The van der Waals surface area contributed by atoms with E-state index in [1.54, 1.807) is 25.1 Å². The molecule has 0 N–H and O–H groups in total. The van der Waals surface area contributed by atoms with Gasteiger partial charge in [0.1, 0.15) is 0 Å². The fourth-order valence-corrected chi connectivity index (χ4v) is 2.38. The molecule has 102 valence electrons. The molecule has 0 radical (unpaired) electrons. The molecule has 2 heterocycles. The minimum absolute atomic E-state index is 0.0756. The summed E-state index contributed by atoms with van der Waals surface area (Å²) >= 11 is 0. The molecule has 1 unspecified atom stereocenters. The lowest BCUT2D eigenvalue weighted by Gasteiger charge is -2.29. The largest absolute Gasteiger partial charge is 0.477 e. The van der Waals surface area contributed by atoms with E-state index in [1.807, 2.05) is 18.2 Å². The number of hydrogen-bond acceptors (Lipinski definition) is 3. The number of ether oxygens (including phenoxy) is 1. The maximum absolute atomic E-state index is 11.8. The average molecular weight is 268 g/mol. The van der Waals surface area contributed by atoms with Gasteiger partial charge < -0.3 is 4.74 Å². The number of anilines is 1. The Balaban J connectivity index is 2.06. The summed E-state index contributed by atoms with van der Waals surface area (Å²) < 4.78 is 5.65. The second kappa shape index (κ2) is 4.63. The summed E-state index contributed by atoms with van der Waals surface area (Å²) in [4.78, 5) is 17.8. The van der Waals surface area contributed by atoms with E-state index in [-0.39, 0.29) is 5.91 Å². The van der Waals surface area contributed by atoms with Gasteiger partial charge in [-0.1, -0.05) is 29.8 Å². The summed E-state index contributed by atoms with van der Waals surface area (Å²) in [5.41, 5.74) is 3.28. The molecule has 1 aromatic heterocycles. The van der Waals surface area contributed by atoms with Crippen molar-refractivity contribution in [1.29, 1.82) is 0 Å². The van der Waals surface area contributed by atoms with Gasteiger partial charge in [0.2, 0.25) is 0 Å². The van der Waals surface area contributed by atoms with Crippen molar-refractivity contribution in [2.75, 3.05) is 11.9 Å². The van der Waals surface area contributed by atoms with Crippen LogP contribution in [0.25, 0.3) is 11.1 Å². The zero-order valence-corrected chi connectivity index (χ0v) is 11.8. The van der Waals surface area contributed by atoms with Crippen LogP contribution in [0.15, 0.2) is 36.5 Å². The van der Waals surface area contributed by atoms with Gasteiger partial charge in [0.15, 0.2) is 17.7 Å². The van der Waals surface area contributed by atoms with Crippen molar-refractivity contribution in [3.05, 3.63) is 42.1 Å². The average Bonchev–Trinajstić information content (AvgIpc) is 2.44. The normalized spacial score (nSPS) is 17.6. The van der Waals surface area contributed by atoms with Crippen LogP contribution in [0.5, 0.6) is 5.75 Å². The Morgan fingerprint density at radius 2 is 2.05 bits per heavy atom. The van der Waals surface area contributed by atoms with Crippen LogP contribution in [0.4, 0.5) is 5.82 Å². The third-order valence-electron chi connectivity index (χ3n) is 3.48. The van der Waals surface area contributed by atoms with E-state index in [1.165, 1.54) is 5.56 Å². The molecule has 4 heteroatoms. The Kier molecular flexibility index (Phi) is 2.93. The molecule has 0 bridgehead atoms. The number of amides is 1. The van der Waals surface area contributed by atoms with Crippen LogP contribution in [-0.2, 0) is 4.79 Å². The molecule has 0 fully saturated rings. The number of rotatable bonds is 1. The number of carbonyl (C=O) groups is 1. The van der Waals surface area contributed by atoms with Crippen molar-refractivity contribution in [2.24, 2.45) is 0 Å². The predicted molar refractivity (Wildman–Crippen MR) is 77.9 cm³/mol. The number of aromatic nitrogens is 1. The van der Waals surface area contributed by atoms with Crippen LogP contribution in [0.3, 0.4) is 0 Å². The molecule has 20 heavy (non-hydrogen) atoms. The summed E-state index contributed by atoms with van der Waals surface area (Å²) in [6.07, 6.45) is 1.30. The molecule has 1 aromatic carbocycles. The number of hydrogen-bond donors (Lipinski definition) is 0. The maximum Gasteiger partial charge on any atom is 0.268 e. The molecule has 1 amide bonds. The number of fused-ring (bicyclic) bond motifs is 1. The number of aryl methyl sites for hydroxylation is 1. The fraction of sp³-hybridized carbons (Fsp3) is 0.250. The first-order valence-electron chi connectivity index (χ1n) is 6.57. The molecule has 1 aliphatic heterocycles. The van der Waals surface area contributed by atoms with Gasteiger partial charge in [-0.2, -0.15) is 0 Å². The fourth-order valence-electron chi connectivity index (χ4n) is 2.38. The van der Waals surface area contributed by atoms with E-state index in [0.29, 0.717) is 11.6 Å². The number of likely N-dealkylation sites (N-methyl/N-ethyl adjacent to an activating group) is 1. The van der Waals surface area contributed by atoms with E-state index in [2.05, 4.69) is 24.0 Å². The standard InChI is InChI=1S/C16H16N2O2/c1-10-5-4-6-12(7-10)13-8-14-15(17-9-13)18(3)16(19)11(2)20-14/h4-9,11H,1-3H3. The molecule has 1 atom stereocenters. The van der Waals surface area contributed by atoms with Crippen molar-refractivity contribution in [3.63, 3.8) is 0 Å². The first-order valence-corrected chi connectivity index (χ1v) is 6.57. The van der Waals surface area contributed by atoms with E-state index in [0.717, 1.165) is 11.1 Å². The maximum atomic E-state index is 11.8. The molecule has 2 aromatic rings. The minimum atomic E-state index is -0.470. The molecule has 0 saturated heterocycles. The van der Waals surface area contributed by atoms with Crippen molar-refractivity contribution < 1.29 is 9.53 Å². The zero-order chi connectivity index (χ0) is 14.3. The monoisotopic (exact) mass is 268 g/mol. The Morgan fingerprint density at radius 1 is 1.25 bits per heavy atom. The van der Waals surface area contributed by atoms with Crippen LogP contribution in [-0.4, -0.2) is 24.0 Å². The van der Waals surface area contributed by atoms with Gasteiger partial charge in [-0.15, -0.1) is 0 Å². The Hall–Kier alpha value is -2.36. The third-order valence-corrected chi connectivity index (χ3v) is 3.48. The first kappa shape index (κ1) is 12.7. The summed E-state index contributed by atoms with van der Waals surface area (Å²) in [7, 11) is 1.72. The molecule has 0 spiro atoms. The van der Waals surface area contributed by atoms with Gasteiger partial charge in [0.05, 0.1) is 0 Å². The Morgan fingerprint density at radius 3 is 2.80 bits per heavy atom. The summed E-state index contributed by atoms with van der Waals surface area (Å²) in [6.45, 7) is 3.81. The number of benzene rings is 1. The second-order valence-corrected chi connectivity index (χ2v) is 5.07. The number of carbonyl (C=O) groups excluding carboxylic acids is 1. The van der Waals surface area contributed by atoms with Gasteiger partial charge in [0, 0.05) is 18.8 Å². The van der Waals surface area contributed by atoms with Crippen LogP contribution in [0.1, 0.15) is 12.5 Å². The third kappa shape index (κ3) is 2.03. The van der Waals surface area contributed by atoms with Crippen LogP contribution < -0.4 is 9.64 Å². The van der Waals surface area contributed by atoms with Gasteiger partial charge in [-0.3, -0.25) is 9.69 Å². The van der Waals surface area contributed by atoms with Crippen molar-refractivity contribution in [1.82, 2.24) is 4.98 Å². The van der Waals surface area contributed by atoms with Gasteiger partial charge >= 0.3 is 0 Å². The van der Waals surface area contributed by atoms with Crippen LogP contribution in [0.2, 0.25) is 0 Å². The molecule has 0 saturated carbocycles. The first-order chi connectivity index (χ1) is 9.56. The lowest BCUT2D eigenvalue weighted by atomic mass is 10.0. The highest BCUT2D eigenvalue weighted by Gasteiger charge is 2.30. The second-order valence-electron chi connectivity index (χ2n) is 5.07. The van der Waals surface area contributed by atoms with Gasteiger partial charge in [0.25, 0.3) is 5.91 Å². The topological polar surface area (TPSA) is 42.4 Å². The van der Waals surface area contributed by atoms with Crippen molar-refractivity contribution in [2.45, 2.75) is 20.0 Å². The Labute approximate surface area is 118 Å². The molecular formula is C16H16N2O2.